The maximum Gasteiger partial charge on any atom is 0.278 e. The summed E-state index contributed by atoms with van der Waals surface area (Å²) in [7, 11) is 0. The SMILES string of the molecule is CC1CCC(C(C)C)C(Oc2cc([N+](=O)[O-])cc(N)n2)C1. The fraction of sp³-hybridized carbons (Fsp3) is 0.667. The minimum Gasteiger partial charge on any atom is -0.474 e. The van der Waals surface area contributed by atoms with E-state index < -0.39 is 4.92 Å². The molecule has 1 aliphatic carbocycles. The molecular weight excluding hydrogens is 270 g/mol. The molecule has 0 amide bonds. The molecule has 6 nitrogen and oxygen atoms in total. The second-order valence-corrected chi connectivity index (χ2v) is 6.33. The van der Waals surface area contributed by atoms with Crippen molar-refractivity contribution < 1.29 is 9.66 Å². The zero-order chi connectivity index (χ0) is 15.6. The molecule has 3 atom stereocenters. The van der Waals surface area contributed by atoms with E-state index in [-0.39, 0.29) is 23.5 Å². The molecule has 0 spiro atoms. The van der Waals surface area contributed by atoms with Crippen LogP contribution in [0.4, 0.5) is 11.5 Å². The molecule has 2 rings (SSSR count). The molecule has 1 heterocycles. The number of pyridine rings is 1. The van der Waals surface area contributed by atoms with E-state index in [1.54, 1.807) is 0 Å². The van der Waals surface area contributed by atoms with Gasteiger partial charge in [-0.15, -0.1) is 0 Å². The van der Waals surface area contributed by atoms with Gasteiger partial charge in [0.15, 0.2) is 0 Å². The van der Waals surface area contributed by atoms with Crippen molar-refractivity contribution in [2.75, 3.05) is 5.73 Å². The van der Waals surface area contributed by atoms with Gasteiger partial charge in [0.25, 0.3) is 5.69 Å². The van der Waals surface area contributed by atoms with Crippen LogP contribution in [0.25, 0.3) is 0 Å². The van der Waals surface area contributed by atoms with Crippen molar-refractivity contribution >= 4 is 11.5 Å². The zero-order valence-electron chi connectivity index (χ0n) is 12.8. The van der Waals surface area contributed by atoms with Gasteiger partial charge in [-0.25, -0.2) is 0 Å². The summed E-state index contributed by atoms with van der Waals surface area (Å²) < 4.78 is 5.98. The molecule has 1 fully saturated rings. The number of ether oxygens (including phenoxy) is 1. The van der Waals surface area contributed by atoms with E-state index >= 15 is 0 Å². The third-order valence-electron chi connectivity index (χ3n) is 4.25. The fourth-order valence-corrected chi connectivity index (χ4v) is 3.08. The lowest BCUT2D eigenvalue weighted by Crippen LogP contribution is -2.36. The van der Waals surface area contributed by atoms with E-state index in [9.17, 15) is 10.1 Å². The number of nitrogen functional groups attached to an aromatic ring is 1. The van der Waals surface area contributed by atoms with E-state index in [1.807, 2.05) is 0 Å². The van der Waals surface area contributed by atoms with Gasteiger partial charge in [-0.05, 0) is 30.6 Å². The normalized spacial score (nSPS) is 25.8. The number of hydrogen-bond acceptors (Lipinski definition) is 5. The third kappa shape index (κ3) is 3.83. The van der Waals surface area contributed by atoms with Crippen LogP contribution in [0.15, 0.2) is 12.1 Å². The van der Waals surface area contributed by atoms with Gasteiger partial charge in [-0.1, -0.05) is 27.2 Å². The first-order valence-corrected chi connectivity index (χ1v) is 7.45. The van der Waals surface area contributed by atoms with Crippen molar-refractivity contribution in [3.05, 3.63) is 22.2 Å². The summed E-state index contributed by atoms with van der Waals surface area (Å²) in [5.74, 6) is 1.93. The molecule has 0 saturated heterocycles. The van der Waals surface area contributed by atoms with Gasteiger partial charge in [0.2, 0.25) is 5.88 Å². The van der Waals surface area contributed by atoms with Gasteiger partial charge in [0.1, 0.15) is 11.9 Å². The Bertz CT molecular complexity index is 519. The number of rotatable bonds is 4. The number of hydrogen-bond donors (Lipinski definition) is 1. The highest BCUT2D eigenvalue weighted by Crippen LogP contribution is 2.36. The topological polar surface area (TPSA) is 91.3 Å². The van der Waals surface area contributed by atoms with Crippen molar-refractivity contribution in [2.45, 2.75) is 46.1 Å². The molecule has 2 N–H and O–H groups in total. The first-order chi connectivity index (χ1) is 9.86. The molecule has 1 aliphatic rings. The van der Waals surface area contributed by atoms with Gasteiger partial charge in [0.05, 0.1) is 17.1 Å². The summed E-state index contributed by atoms with van der Waals surface area (Å²) in [4.78, 5) is 14.5. The minimum absolute atomic E-state index is 0.0441. The van der Waals surface area contributed by atoms with Gasteiger partial charge in [-0.2, -0.15) is 4.98 Å². The predicted molar refractivity (Wildman–Crippen MR) is 81.1 cm³/mol. The molecule has 1 aromatic heterocycles. The fourth-order valence-electron chi connectivity index (χ4n) is 3.08. The maximum absolute atomic E-state index is 10.9. The maximum atomic E-state index is 10.9. The summed E-state index contributed by atoms with van der Waals surface area (Å²) in [6.45, 7) is 6.58. The van der Waals surface area contributed by atoms with Gasteiger partial charge < -0.3 is 10.5 Å². The lowest BCUT2D eigenvalue weighted by Gasteiger charge is -2.36. The molecule has 6 heteroatoms. The Morgan fingerprint density at radius 3 is 2.76 bits per heavy atom. The van der Waals surface area contributed by atoms with Crippen LogP contribution in [0.3, 0.4) is 0 Å². The molecule has 21 heavy (non-hydrogen) atoms. The molecule has 116 valence electrons. The van der Waals surface area contributed by atoms with Gasteiger partial charge >= 0.3 is 0 Å². The Kier molecular flexibility index (Phi) is 4.65. The second-order valence-electron chi connectivity index (χ2n) is 6.33. The average molecular weight is 293 g/mol. The lowest BCUT2D eigenvalue weighted by molar-refractivity contribution is -0.384. The van der Waals surface area contributed by atoms with E-state index in [0.29, 0.717) is 17.8 Å². The van der Waals surface area contributed by atoms with Crippen molar-refractivity contribution in [3.63, 3.8) is 0 Å². The highest BCUT2D eigenvalue weighted by atomic mass is 16.6. The average Bonchev–Trinajstić information content (AvgIpc) is 2.37. The molecule has 0 aromatic carbocycles. The summed E-state index contributed by atoms with van der Waals surface area (Å²) in [6.07, 6.45) is 3.32. The van der Waals surface area contributed by atoms with Crippen LogP contribution in [0.5, 0.6) is 5.88 Å². The molecular formula is C15H23N3O3. The van der Waals surface area contributed by atoms with Crippen LogP contribution in [0, 0.1) is 27.9 Å². The number of nitrogens with zero attached hydrogens (tertiary/aromatic N) is 2. The quantitative estimate of drug-likeness (QED) is 0.678. The van der Waals surface area contributed by atoms with E-state index in [0.717, 1.165) is 12.8 Å². The molecule has 1 aromatic rings. The molecule has 0 aliphatic heterocycles. The summed E-state index contributed by atoms with van der Waals surface area (Å²) in [6, 6.07) is 2.60. The van der Waals surface area contributed by atoms with E-state index in [4.69, 9.17) is 10.5 Å². The van der Waals surface area contributed by atoms with Crippen LogP contribution >= 0.6 is 0 Å². The molecule has 0 bridgehead atoms. The number of nitro groups is 1. The minimum atomic E-state index is -0.478. The van der Waals surface area contributed by atoms with Crippen LogP contribution in [0.1, 0.15) is 40.0 Å². The summed E-state index contributed by atoms with van der Waals surface area (Å²) in [5.41, 5.74) is 5.55. The number of anilines is 1. The zero-order valence-corrected chi connectivity index (χ0v) is 12.8. The van der Waals surface area contributed by atoms with Crippen LogP contribution in [-0.2, 0) is 0 Å². The third-order valence-corrected chi connectivity index (χ3v) is 4.25. The highest BCUT2D eigenvalue weighted by molar-refractivity contribution is 5.45. The van der Waals surface area contributed by atoms with Gasteiger partial charge in [-0.3, -0.25) is 10.1 Å². The Balaban J connectivity index is 2.20. The monoisotopic (exact) mass is 293 g/mol. The van der Waals surface area contributed by atoms with Crippen LogP contribution in [-0.4, -0.2) is 16.0 Å². The van der Waals surface area contributed by atoms with Gasteiger partial charge in [0, 0.05) is 0 Å². The van der Waals surface area contributed by atoms with E-state index in [1.165, 1.54) is 18.6 Å². The molecule has 1 saturated carbocycles. The van der Waals surface area contributed by atoms with E-state index in [2.05, 4.69) is 25.8 Å². The highest BCUT2D eigenvalue weighted by Gasteiger charge is 2.32. The lowest BCUT2D eigenvalue weighted by atomic mass is 9.75. The largest absolute Gasteiger partial charge is 0.474 e. The number of nitrogens with two attached hydrogens (primary N) is 1. The summed E-state index contributed by atoms with van der Waals surface area (Å²) >= 11 is 0. The first kappa shape index (κ1) is 15.5. The molecule has 3 unspecified atom stereocenters. The Morgan fingerprint density at radius 2 is 2.14 bits per heavy atom. The van der Waals surface area contributed by atoms with Crippen molar-refractivity contribution in [1.82, 2.24) is 4.98 Å². The van der Waals surface area contributed by atoms with Crippen LogP contribution < -0.4 is 10.5 Å². The second kappa shape index (κ2) is 6.28. The first-order valence-electron chi connectivity index (χ1n) is 7.45. The summed E-state index contributed by atoms with van der Waals surface area (Å²) in [5, 5.41) is 10.9. The Morgan fingerprint density at radius 1 is 1.43 bits per heavy atom. The van der Waals surface area contributed by atoms with Crippen molar-refractivity contribution in [1.29, 1.82) is 0 Å². The standard InChI is InChI=1S/C15H23N3O3/c1-9(2)12-5-4-10(3)6-13(12)21-15-8-11(18(19)20)7-14(16)17-15/h7-10,12-13H,4-6H2,1-3H3,(H2,16,17). The predicted octanol–water partition coefficient (Wildman–Crippen LogP) is 3.41. The van der Waals surface area contributed by atoms with Crippen molar-refractivity contribution in [2.24, 2.45) is 17.8 Å². The number of aromatic nitrogens is 1. The smallest absolute Gasteiger partial charge is 0.278 e. The van der Waals surface area contributed by atoms with Crippen LogP contribution in [0.2, 0.25) is 0 Å². The Hall–Kier alpha value is -1.85. The molecule has 0 radical (unpaired) electrons. The Labute approximate surface area is 124 Å². The van der Waals surface area contributed by atoms with Crippen molar-refractivity contribution in [3.8, 4) is 5.88 Å².